The van der Waals surface area contributed by atoms with Crippen LogP contribution < -0.4 is 5.32 Å². The maximum atomic E-state index is 12.6. The van der Waals surface area contributed by atoms with Crippen molar-refractivity contribution in [1.29, 1.82) is 0 Å². The molecule has 3 rings (SSSR count). The minimum absolute atomic E-state index is 0.104. The number of halogens is 1. The summed E-state index contributed by atoms with van der Waals surface area (Å²) in [6.07, 6.45) is 1.81. The van der Waals surface area contributed by atoms with Crippen LogP contribution in [0.2, 0.25) is 5.02 Å². The van der Waals surface area contributed by atoms with Gasteiger partial charge in [0.25, 0.3) is 5.91 Å². The van der Waals surface area contributed by atoms with Gasteiger partial charge in [0.2, 0.25) is 5.91 Å². The number of benzene rings is 2. The first-order valence-electron chi connectivity index (χ1n) is 8.03. The van der Waals surface area contributed by atoms with Crippen LogP contribution in [0, 0.1) is 0 Å². The second-order valence-electron chi connectivity index (χ2n) is 5.70. The van der Waals surface area contributed by atoms with E-state index < -0.39 is 0 Å². The molecule has 8 heteroatoms. The number of amides is 2. The molecule has 1 saturated heterocycles. The fourth-order valence-electron chi connectivity index (χ4n) is 2.41. The summed E-state index contributed by atoms with van der Waals surface area (Å²) in [5.41, 5.74) is 1.31. The number of nitrogens with zero attached hydrogens (tertiary/aromatic N) is 1. The maximum Gasteiger partial charge on any atom is 0.266 e. The van der Waals surface area contributed by atoms with Crippen LogP contribution in [-0.4, -0.2) is 32.7 Å². The molecule has 1 heterocycles. The quantitative estimate of drug-likeness (QED) is 0.431. The Kier molecular flexibility index (Phi) is 6.15. The minimum Gasteiger partial charge on any atom is -0.508 e. The van der Waals surface area contributed by atoms with Crippen LogP contribution in [0.15, 0.2) is 53.4 Å². The molecular formula is C19H15ClN2O3S2. The van der Waals surface area contributed by atoms with Crippen LogP contribution in [0.25, 0.3) is 6.08 Å². The molecule has 2 amide bonds. The summed E-state index contributed by atoms with van der Waals surface area (Å²) in [5.74, 6) is -0.358. The first-order valence-corrected chi connectivity index (χ1v) is 9.63. The summed E-state index contributed by atoms with van der Waals surface area (Å²) >= 11 is 12.6. The summed E-state index contributed by atoms with van der Waals surface area (Å²) in [5, 5.41) is 12.5. The van der Waals surface area contributed by atoms with Crippen molar-refractivity contribution < 1.29 is 14.7 Å². The van der Waals surface area contributed by atoms with E-state index in [0.29, 0.717) is 19.9 Å². The molecule has 27 heavy (non-hydrogen) atoms. The van der Waals surface area contributed by atoms with Crippen molar-refractivity contribution in [1.82, 2.24) is 4.90 Å². The molecule has 1 fully saturated rings. The molecule has 1 aliphatic heterocycles. The molecule has 2 aromatic carbocycles. The molecule has 0 bridgehead atoms. The molecule has 0 radical (unpaired) electrons. The molecule has 2 N–H and O–H groups in total. The Balaban J connectivity index is 1.61. The summed E-state index contributed by atoms with van der Waals surface area (Å²) in [4.78, 5) is 26.6. The highest BCUT2D eigenvalue weighted by molar-refractivity contribution is 8.26. The summed E-state index contributed by atoms with van der Waals surface area (Å²) in [6, 6.07) is 13.4. The van der Waals surface area contributed by atoms with Gasteiger partial charge in [0.15, 0.2) is 0 Å². The lowest BCUT2D eigenvalue weighted by molar-refractivity contribution is -0.122. The maximum absolute atomic E-state index is 12.6. The number of thioether (sulfide) groups is 1. The van der Waals surface area contributed by atoms with Crippen molar-refractivity contribution in [2.75, 3.05) is 11.9 Å². The van der Waals surface area contributed by atoms with Gasteiger partial charge in [0.05, 0.1) is 4.91 Å². The van der Waals surface area contributed by atoms with E-state index in [-0.39, 0.29) is 30.5 Å². The van der Waals surface area contributed by atoms with Crippen molar-refractivity contribution in [3.63, 3.8) is 0 Å². The number of anilines is 1. The highest BCUT2D eigenvalue weighted by Crippen LogP contribution is 2.33. The van der Waals surface area contributed by atoms with Crippen LogP contribution >= 0.6 is 35.6 Å². The number of thiocarbonyl (C=S) groups is 1. The fourth-order valence-corrected chi connectivity index (χ4v) is 3.90. The largest absolute Gasteiger partial charge is 0.508 e. The van der Waals surface area contributed by atoms with Crippen LogP contribution in [-0.2, 0) is 9.59 Å². The zero-order chi connectivity index (χ0) is 19.4. The molecule has 138 valence electrons. The summed E-state index contributed by atoms with van der Waals surface area (Å²) in [7, 11) is 0. The standard InChI is InChI=1S/C19H15ClN2O3S2/c20-15-4-2-1-3-12(15)11-16-18(25)22(19(26)27-16)10-9-17(24)21-13-5-7-14(23)8-6-13/h1-8,11,23H,9-10H2,(H,21,24)/b16-11+. The van der Waals surface area contributed by atoms with Gasteiger partial charge >= 0.3 is 0 Å². The Morgan fingerprint density at radius 2 is 1.93 bits per heavy atom. The van der Waals surface area contributed by atoms with Crippen LogP contribution in [0.5, 0.6) is 5.75 Å². The number of aromatic hydroxyl groups is 1. The number of phenols is 1. The summed E-state index contributed by atoms with van der Waals surface area (Å²) in [6.45, 7) is 0.189. The van der Waals surface area contributed by atoms with Gasteiger partial charge in [-0.3, -0.25) is 14.5 Å². The average Bonchev–Trinajstić information content (AvgIpc) is 2.90. The third-order valence-electron chi connectivity index (χ3n) is 3.78. The van der Waals surface area contributed by atoms with Crippen LogP contribution in [0.3, 0.4) is 0 Å². The lowest BCUT2D eigenvalue weighted by atomic mass is 10.2. The van der Waals surface area contributed by atoms with Gasteiger partial charge in [-0.05, 0) is 42.0 Å². The number of nitrogens with one attached hydrogen (secondary N) is 1. The van der Waals surface area contributed by atoms with Gasteiger partial charge in [-0.2, -0.15) is 0 Å². The predicted octanol–water partition coefficient (Wildman–Crippen LogP) is 4.28. The van der Waals surface area contributed by atoms with E-state index in [9.17, 15) is 14.7 Å². The molecule has 0 saturated carbocycles. The van der Waals surface area contributed by atoms with Crippen molar-refractivity contribution in [2.45, 2.75) is 6.42 Å². The van der Waals surface area contributed by atoms with Crippen molar-refractivity contribution in [2.24, 2.45) is 0 Å². The van der Waals surface area contributed by atoms with E-state index in [2.05, 4.69) is 5.32 Å². The fraction of sp³-hybridized carbons (Fsp3) is 0.105. The van der Waals surface area contributed by atoms with Gasteiger partial charge in [-0.15, -0.1) is 0 Å². The van der Waals surface area contributed by atoms with Crippen LogP contribution in [0.4, 0.5) is 5.69 Å². The molecule has 0 aliphatic carbocycles. The Morgan fingerprint density at radius 1 is 1.22 bits per heavy atom. The van der Waals surface area contributed by atoms with Gasteiger partial charge in [-0.1, -0.05) is 53.8 Å². The molecule has 2 aromatic rings. The third kappa shape index (κ3) is 4.88. The normalized spacial score (nSPS) is 15.4. The first-order chi connectivity index (χ1) is 12.9. The lowest BCUT2D eigenvalue weighted by Crippen LogP contribution is -2.31. The van der Waals surface area contributed by atoms with E-state index in [1.807, 2.05) is 18.2 Å². The third-order valence-corrected chi connectivity index (χ3v) is 5.50. The highest BCUT2D eigenvalue weighted by atomic mass is 35.5. The number of hydrogen-bond donors (Lipinski definition) is 2. The number of carbonyl (C=O) groups is 2. The zero-order valence-corrected chi connectivity index (χ0v) is 16.4. The van der Waals surface area contributed by atoms with Crippen molar-refractivity contribution >= 4 is 63.5 Å². The predicted molar refractivity (Wildman–Crippen MR) is 113 cm³/mol. The molecule has 0 unspecified atom stereocenters. The van der Waals surface area contributed by atoms with Gasteiger partial charge in [0, 0.05) is 23.7 Å². The number of carbonyl (C=O) groups excluding carboxylic acids is 2. The SMILES string of the molecule is O=C(CCN1C(=O)/C(=C\c2ccccc2Cl)SC1=S)Nc1ccc(O)cc1. The van der Waals surface area contributed by atoms with E-state index in [4.69, 9.17) is 23.8 Å². The van der Waals surface area contributed by atoms with Crippen molar-refractivity contribution in [3.8, 4) is 5.75 Å². The van der Waals surface area contributed by atoms with E-state index in [0.717, 1.165) is 5.56 Å². The van der Waals surface area contributed by atoms with Gasteiger partial charge in [0.1, 0.15) is 10.1 Å². The van der Waals surface area contributed by atoms with E-state index in [1.54, 1.807) is 24.3 Å². The molecule has 0 atom stereocenters. The Morgan fingerprint density at radius 3 is 2.63 bits per heavy atom. The average molecular weight is 419 g/mol. The highest BCUT2D eigenvalue weighted by Gasteiger charge is 2.32. The zero-order valence-electron chi connectivity index (χ0n) is 14.0. The molecule has 1 aliphatic rings. The monoisotopic (exact) mass is 418 g/mol. The molecule has 5 nitrogen and oxygen atoms in total. The van der Waals surface area contributed by atoms with E-state index in [1.165, 1.54) is 28.8 Å². The molecule has 0 aromatic heterocycles. The molecular weight excluding hydrogens is 404 g/mol. The van der Waals surface area contributed by atoms with Gasteiger partial charge in [-0.25, -0.2) is 0 Å². The second-order valence-corrected chi connectivity index (χ2v) is 7.78. The molecule has 0 spiro atoms. The Labute approximate surface area is 171 Å². The minimum atomic E-state index is -0.246. The Bertz CT molecular complexity index is 929. The van der Waals surface area contributed by atoms with Crippen LogP contribution in [0.1, 0.15) is 12.0 Å². The first kappa shape index (κ1) is 19.4. The lowest BCUT2D eigenvalue weighted by Gasteiger charge is -2.14. The smallest absolute Gasteiger partial charge is 0.266 e. The topological polar surface area (TPSA) is 69.6 Å². The summed E-state index contributed by atoms with van der Waals surface area (Å²) < 4.78 is 0.413. The number of hydrogen-bond acceptors (Lipinski definition) is 5. The second kappa shape index (κ2) is 8.56. The van der Waals surface area contributed by atoms with E-state index >= 15 is 0 Å². The van der Waals surface area contributed by atoms with Gasteiger partial charge < -0.3 is 10.4 Å². The number of rotatable bonds is 5. The Hall–Kier alpha value is -2.35. The van der Waals surface area contributed by atoms with Crippen molar-refractivity contribution in [3.05, 3.63) is 64.0 Å². The number of phenolic OH excluding ortho intramolecular Hbond substituents is 1.